The summed E-state index contributed by atoms with van der Waals surface area (Å²) in [5.74, 6) is 1.35. The molecule has 2 aromatic rings. The van der Waals surface area contributed by atoms with Crippen molar-refractivity contribution in [2.24, 2.45) is 28.6 Å². The standard InChI is InChI=1S/C34H42N2O6S/c1-5-7-29-41-28-16-23-22-10-8-19-14-20(37)12-13-32(19,3)30(22)26(38)17-33(23,4)34(28,42-29)27(39)18-43-31-35-24-11-9-21(40-6-2)15-25(24)36-31/h9,11-15,22-23,26,28-30,38H,5-8,10,16-18H2,1-4H3,(H,35,36)/t22?,23?,26-,28+,29+,30?,32?,33?,34+/m0/s1. The van der Waals surface area contributed by atoms with E-state index in [1.165, 1.54) is 11.8 Å². The van der Waals surface area contributed by atoms with Crippen LogP contribution in [0.3, 0.4) is 0 Å². The van der Waals surface area contributed by atoms with Gasteiger partial charge in [-0.05, 0) is 75.1 Å². The fourth-order valence-corrected chi connectivity index (χ4v) is 10.4. The van der Waals surface area contributed by atoms with Crippen LogP contribution in [0.4, 0.5) is 0 Å². The van der Waals surface area contributed by atoms with Crippen LogP contribution < -0.4 is 4.74 Å². The zero-order valence-corrected chi connectivity index (χ0v) is 26.2. The number of aromatic nitrogens is 2. The van der Waals surface area contributed by atoms with Crippen molar-refractivity contribution in [3.8, 4) is 5.75 Å². The number of allylic oxidation sites excluding steroid dienone is 4. The quantitative estimate of drug-likeness (QED) is 0.363. The van der Waals surface area contributed by atoms with E-state index in [0.29, 0.717) is 18.2 Å². The number of aliphatic hydroxyl groups is 1. The number of benzene rings is 1. The molecule has 7 rings (SSSR count). The number of fused-ring (bicyclic) bond motifs is 8. The van der Waals surface area contributed by atoms with E-state index in [-0.39, 0.29) is 46.6 Å². The van der Waals surface area contributed by atoms with E-state index in [9.17, 15) is 14.7 Å². The van der Waals surface area contributed by atoms with Crippen LogP contribution in [0.1, 0.15) is 66.2 Å². The van der Waals surface area contributed by atoms with Crippen molar-refractivity contribution in [2.45, 2.75) is 95.5 Å². The van der Waals surface area contributed by atoms with Gasteiger partial charge in [-0.1, -0.05) is 50.6 Å². The number of ether oxygens (including phenoxy) is 3. The Hall–Kier alpha value is -2.46. The van der Waals surface area contributed by atoms with Crippen LogP contribution in [0.5, 0.6) is 5.75 Å². The number of nitrogens with one attached hydrogen (secondary N) is 1. The first kappa shape index (κ1) is 29.3. The van der Waals surface area contributed by atoms with Gasteiger partial charge < -0.3 is 24.3 Å². The summed E-state index contributed by atoms with van der Waals surface area (Å²) < 4.78 is 19.0. The van der Waals surface area contributed by atoms with Crippen molar-refractivity contribution >= 4 is 34.4 Å². The van der Waals surface area contributed by atoms with Gasteiger partial charge in [0.05, 0.1) is 35.6 Å². The number of nitrogens with zero attached hydrogens (tertiary/aromatic N) is 1. The first-order valence-electron chi connectivity index (χ1n) is 15.9. The average molecular weight is 607 g/mol. The second kappa shape index (κ2) is 10.6. The van der Waals surface area contributed by atoms with Crippen molar-refractivity contribution in [3.63, 3.8) is 0 Å². The summed E-state index contributed by atoms with van der Waals surface area (Å²) >= 11 is 1.39. The first-order chi connectivity index (χ1) is 20.6. The number of hydrogen-bond acceptors (Lipinski definition) is 8. The van der Waals surface area contributed by atoms with Crippen molar-refractivity contribution < 1.29 is 28.9 Å². The van der Waals surface area contributed by atoms with Gasteiger partial charge in [0.15, 0.2) is 28.6 Å². The molecule has 2 N–H and O–H groups in total. The van der Waals surface area contributed by atoms with Crippen molar-refractivity contribution in [1.29, 1.82) is 0 Å². The van der Waals surface area contributed by atoms with E-state index in [1.807, 2.05) is 31.2 Å². The van der Waals surface area contributed by atoms with E-state index < -0.39 is 23.4 Å². The van der Waals surface area contributed by atoms with Crippen LogP contribution >= 0.6 is 11.8 Å². The number of ketones is 2. The lowest BCUT2D eigenvalue weighted by Crippen LogP contribution is -2.63. The molecule has 43 heavy (non-hydrogen) atoms. The second-order valence-corrected chi connectivity index (χ2v) is 14.5. The Balaban J connectivity index is 1.19. The summed E-state index contributed by atoms with van der Waals surface area (Å²) in [4.78, 5) is 34.8. The molecule has 0 spiro atoms. The third-order valence-electron chi connectivity index (χ3n) is 11.3. The molecule has 8 nitrogen and oxygen atoms in total. The summed E-state index contributed by atoms with van der Waals surface area (Å²) in [6.07, 6.45) is 8.59. The summed E-state index contributed by atoms with van der Waals surface area (Å²) in [5, 5.41) is 12.6. The van der Waals surface area contributed by atoms with Crippen molar-refractivity contribution in [2.75, 3.05) is 12.4 Å². The van der Waals surface area contributed by atoms with Gasteiger partial charge in [0.2, 0.25) is 0 Å². The number of thioether (sulfide) groups is 1. The van der Waals surface area contributed by atoms with Crippen LogP contribution in [0.15, 0.2) is 47.2 Å². The minimum Gasteiger partial charge on any atom is -0.494 e. The Morgan fingerprint density at radius 2 is 2.12 bits per heavy atom. The molecule has 9 atom stereocenters. The molecule has 4 aliphatic carbocycles. The normalized spacial score (nSPS) is 39.7. The number of carbonyl (C=O) groups excluding carboxylic acids is 2. The van der Waals surface area contributed by atoms with Gasteiger partial charge in [0.25, 0.3) is 0 Å². The number of hydrogen-bond donors (Lipinski definition) is 2. The summed E-state index contributed by atoms with van der Waals surface area (Å²) in [7, 11) is 0. The second-order valence-electron chi connectivity index (χ2n) is 13.5. The highest BCUT2D eigenvalue weighted by Crippen LogP contribution is 2.69. The zero-order valence-electron chi connectivity index (χ0n) is 25.4. The molecule has 0 bridgehead atoms. The monoisotopic (exact) mass is 606 g/mol. The lowest BCUT2D eigenvalue weighted by molar-refractivity contribution is -0.197. The largest absolute Gasteiger partial charge is 0.494 e. The molecule has 1 aromatic heterocycles. The molecule has 9 heteroatoms. The van der Waals surface area contributed by atoms with Gasteiger partial charge in [-0.15, -0.1) is 0 Å². The molecule has 0 radical (unpaired) electrons. The highest BCUT2D eigenvalue weighted by atomic mass is 32.2. The maximum absolute atomic E-state index is 14.6. The Labute approximate surface area is 257 Å². The van der Waals surface area contributed by atoms with Gasteiger partial charge in [-0.3, -0.25) is 9.59 Å². The zero-order chi connectivity index (χ0) is 30.1. The van der Waals surface area contributed by atoms with Crippen LogP contribution in [0, 0.1) is 28.6 Å². The predicted molar refractivity (Wildman–Crippen MR) is 164 cm³/mol. The lowest BCUT2D eigenvalue weighted by atomic mass is 9.46. The highest BCUT2D eigenvalue weighted by Gasteiger charge is 2.75. The third kappa shape index (κ3) is 4.32. The van der Waals surface area contributed by atoms with E-state index >= 15 is 0 Å². The lowest BCUT2D eigenvalue weighted by Gasteiger charge is -2.59. The molecule has 4 fully saturated rings. The molecular weight excluding hydrogens is 564 g/mol. The van der Waals surface area contributed by atoms with Gasteiger partial charge >= 0.3 is 0 Å². The first-order valence-corrected chi connectivity index (χ1v) is 16.9. The molecule has 5 unspecified atom stereocenters. The molecule has 0 amide bonds. The number of aliphatic hydroxyl groups excluding tert-OH is 1. The molecule has 5 aliphatic rings. The SMILES string of the molecule is CCC[C@@H]1O[C@@H]2CC3C4CCC5=CC(=O)C=CC5(C)C4[C@@H](O)CC3(C)[C@]2(C(=O)CSc2nc3cc(OCC)ccc3[nH]2)O1. The Morgan fingerprint density at radius 1 is 1.28 bits per heavy atom. The molecule has 2 heterocycles. The highest BCUT2D eigenvalue weighted by molar-refractivity contribution is 7.99. The maximum Gasteiger partial charge on any atom is 0.178 e. The van der Waals surface area contributed by atoms with E-state index in [2.05, 4.69) is 25.8 Å². The van der Waals surface area contributed by atoms with Crippen LogP contribution in [-0.4, -0.2) is 63.1 Å². The number of H-pyrrole nitrogens is 1. The van der Waals surface area contributed by atoms with Crippen molar-refractivity contribution in [1.82, 2.24) is 9.97 Å². The van der Waals surface area contributed by atoms with Gasteiger partial charge in [-0.25, -0.2) is 4.98 Å². The number of aromatic amines is 1. The Bertz CT molecular complexity index is 1520. The summed E-state index contributed by atoms with van der Waals surface area (Å²) in [6.45, 7) is 8.97. The van der Waals surface area contributed by atoms with E-state index in [4.69, 9.17) is 19.2 Å². The maximum atomic E-state index is 14.6. The molecule has 3 saturated carbocycles. The molecule has 230 valence electrons. The van der Waals surface area contributed by atoms with Crippen LogP contribution in [-0.2, 0) is 19.1 Å². The smallest absolute Gasteiger partial charge is 0.178 e. The Morgan fingerprint density at radius 3 is 2.91 bits per heavy atom. The topological polar surface area (TPSA) is 111 Å². The number of carbonyl (C=O) groups is 2. The molecule has 1 aliphatic heterocycles. The fraction of sp³-hybridized carbons (Fsp3) is 0.618. The number of imidazole rings is 1. The van der Waals surface area contributed by atoms with Crippen LogP contribution in [0.25, 0.3) is 11.0 Å². The number of Topliss-reactive ketones (excluding diaryl/α,β-unsaturated/α-hetero) is 1. The van der Waals surface area contributed by atoms with Gasteiger partial charge in [0.1, 0.15) is 5.75 Å². The van der Waals surface area contributed by atoms with E-state index in [1.54, 1.807) is 12.2 Å². The fourth-order valence-electron chi connectivity index (χ4n) is 9.53. The average Bonchev–Trinajstić information content (AvgIpc) is 3.61. The van der Waals surface area contributed by atoms with Crippen LogP contribution in [0.2, 0.25) is 0 Å². The third-order valence-corrected chi connectivity index (χ3v) is 12.2. The minimum absolute atomic E-state index is 0.0120. The summed E-state index contributed by atoms with van der Waals surface area (Å²) in [5.41, 5.74) is 0.749. The Kier molecular flexibility index (Phi) is 7.19. The van der Waals surface area contributed by atoms with E-state index in [0.717, 1.165) is 54.5 Å². The van der Waals surface area contributed by atoms with Crippen molar-refractivity contribution in [3.05, 3.63) is 42.0 Å². The number of rotatable bonds is 8. The minimum atomic E-state index is -1.13. The molecular formula is C34H42N2O6S. The van der Waals surface area contributed by atoms with Gasteiger partial charge in [0, 0.05) is 22.8 Å². The molecule has 1 saturated heterocycles. The predicted octanol–water partition coefficient (Wildman–Crippen LogP) is 5.79. The molecule has 1 aromatic carbocycles. The summed E-state index contributed by atoms with van der Waals surface area (Å²) in [6, 6.07) is 5.77. The van der Waals surface area contributed by atoms with Gasteiger partial charge in [-0.2, -0.15) is 0 Å².